The topological polar surface area (TPSA) is 80.0 Å². The van der Waals surface area contributed by atoms with Crippen molar-refractivity contribution < 1.29 is 0 Å². The van der Waals surface area contributed by atoms with Crippen molar-refractivity contribution in [3.63, 3.8) is 0 Å². The number of aliphatic imine (C=N–C) groups is 2. The molecular weight excluding hydrogens is 334 g/mol. The summed E-state index contributed by atoms with van der Waals surface area (Å²) in [5.41, 5.74) is 13.5. The number of guanidine groups is 2. The van der Waals surface area contributed by atoms with Gasteiger partial charge >= 0.3 is 0 Å². The van der Waals surface area contributed by atoms with Gasteiger partial charge in [-0.25, -0.2) is 4.99 Å². The average Bonchev–Trinajstić information content (AvgIpc) is 2.54. The van der Waals surface area contributed by atoms with Crippen LogP contribution < -0.4 is 16.4 Å². The normalized spacial score (nSPS) is 39.3. The van der Waals surface area contributed by atoms with Gasteiger partial charge in [-0.3, -0.25) is 4.90 Å². The van der Waals surface area contributed by atoms with Crippen molar-refractivity contribution in [1.29, 1.82) is 0 Å². The molecule has 5 nitrogen and oxygen atoms in total. The van der Waals surface area contributed by atoms with Gasteiger partial charge in [-0.1, -0.05) is 11.6 Å². The van der Waals surface area contributed by atoms with Crippen LogP contribution in [0.25, 0.3) is 0 Å². The lowest BCUT2D eigenvalue weighted by Gasteiger charge is -2.60. The first-order chi connectivity index (χ1) is 12.0. The van der Waals surface area contributed by atoms with E-state index in [1.807, 2.05) is 24.3 Å². The van der Waals surface area contributed by atoms with Crippen molar-refractivity contribution in [3.8, 4) is 0 Å². The van der Waals surface area contributed by atoms with E-state index in [0.717, 1.165) is 23.4 Å². The van der Waals surface area contributed by atoms with E-state index in [1.165, 1.54) is 38.5 Å². The van der Waals surface area contributed by atoms with Crippen LogP contribution in [0.4, 0.5) is 5.69 Å². The summed E-state index contributed by atoms with van der Waals surface area (Å²) in [5, 5.41) is 0.714. The number of rotatable bonds is 2. The highest BCUT2D eigenvalue weighted by atomic mass is 35.5. The Labute approximate surface area is 153 Å². The van der Waals surface area contributed by atoms with Crippen molar-refractivity contribution in [3.05, 3.63) is 29.3 Å². The molecule has 1 aliphatic heterocycles. The van der Waals surface area contributed by atoms with Gasteiger partial charge < -0.3 is 11.5 Å². The Morgan fingerprint density at radius 2 is 1.52 bits per heavy atom. The Kier molecular flexibility index (Phi) is 3.33. The molecule has 1 unspecified atom stereocenters. The predicted octanol–water partition coefficient (Wildman–Crippen LogP) is 3.33. The van der Waals surface area contributed by atoms with E-state index in [1.54, 1.807) is 0 Å². The third kappa shape index (κ3) is 2.43. The zero-order chi connectivity index (χ0) is 17.2. The molecule has 5 aliphatic rings. The van der Waals surface area contributed by atoms with Crippen LogP contribution in [-0.2, 0) is 0 Å². The van der Waals surface area contributed by atoms with E-state index in [9.17, 15) is 0 Å². The molecule has 4 fully saturated rings. The first-order valence-electron chi connectivity index (χ1n) is 9.25. The third-order valence-electron chi connectivity index (χ3n) is 6.71. The van der Waals surface area contributed by atoms with Crippen LogP contribution >= 0.6 is 11.6 Å². The summed E-state index contributed by atoms with van der Waals surface area (Å²) in [6.07, 6.45) is 7.84. The van der Waals surface area contributed by atoms with Crippen LogP contribution in [0, 0.1) is 23.2 Å². The Hall–Kier alpha value is -1.75. The molecule has 0 saturated heterocycles. The number of halogens is 1. The van der Waals surface area contributed by atoms with Gasteiger partial charge in [0.05, 0.1) is 0 Å². The van der Waals surface area contributed by atoms with Crippen LogP contribution in [0.5, 0.6) is 0 Å². The van der Waals surface area contributed by atoms with Gasteiger partial charge in [-0.05, 0) is 80.5 Å². The van der Waals surface area contributed by atoms with Crippen molar-refractivity contribution in [1.82, 2.24) is 0 Å². The standard InChI is InChI=1S/C19H24ClN5/c20-14-1-3-15(4-2-14)25-16(23-17(21)24-18(25)22)19-8-11-5-12(9-19)7-13(6-11)10-19/h1-4,11-13,16H,5-10H2,(H4,21,22,23,24). The first kappa shape index (κ1) is 15.5. The quantitative estimate of drug-likeness (QED) is 0.851. The molecule has 6 heteroatoms. The molecule has 1 heterocycles. The molecule has 25 heavy (non-hydrogen) atoms. The lowest BCUT2D eigenvalue weighted by molar-refractivity contribution is -0.0650. The molecule has 4 saturated carbocycles. The number of hydrogen-bond donors (Lipinski definition) is 2. The fourth-order valence-electron chi connectivity index (χ4n) is 6.29. The van der Waals surface area contributed by atoms with Gasteiger partial charge in [0.1, 0.15) is 6.17 Å². The maximum atomic E-state index is 6.33. The summed E-state index contributed by atoms with van der Waals surface area (Å²) in [4.78, 5) is 11.2. The monoisotopic (exact) mass is 357 g/mol. The Morgan fingerprint density at radius 3 is 2.08 bits per heavy atom. The van der Waals surface area contributed by atoms with Gasteiger partial charge in [-0.15, -0.1) is 0 Å². The molecule has 4 N–H and O–H groups in total. The maximum absolute atomic E-state index is 6.33. The number of benzene rings is 1. The summed E-state index contributed by atoms with van der Waals surface area (Å²) < 4.78 is 0. The second-order valence-corrected chi connectivity index (χ2v) is 8.89. The van der Waals surface area contributed by atoms with Crippen molar-refractivity contribution in [2.45, 2.75) is 44.7 Å². The maximum Gasteiger partial charge on any atom is 0.220 e. The van der Waals surface area contributed by atoms with Crippen LogP contribution in [0.1, 0.15) is 38.5 Å². The Morgan fingerprint density at radius 1 is 0.960 bits per heavy atom. The second kappa shape index (κ2) is 5.37. The van der Waals surface area contributed by atoms with Gasteiger partial charge in [0.2, 0.25) is 11.9 Å². The lowest BCUT2D eigenvalue weighted by atomic mass is 9.48. The molecule has 0 spiro atoms. The van der Waals surface area contributed by atoms with Gasteiger partial charge in [-0.2, -0.15) is 4.99 Å². The summed E-state index contributed by atoms with van der Waals surface area (Å²) >= 11 is 6.08. The summed E-state index contributed by atoms with van der Waals surface area (Å²) in [7, 11) is 0. The molecular formula is C19H24ClN5. The molecule has 1 aromatic carbocycles. The van der Waals surface area contributed by atoms with Gasteiger partial charge in [0.25, 0.3) is 0 Å². The predicted molar refractivity (Wildman–Crippen MR) is 102 cm³/mol. The lowest BCUT2D eigenvalue weighted by Crippen LogP contribution is -2.60. The number of nitrogens with two attached hydrogens (primary N) is 2. The zero-order valence-electron chi connectivity index (χ0n) is 14.2. The highest BCUT2D eigenvalue weighted by Crippen LogP contribution is 2.62. The fraction of sp³-hybridized carbons (Fsp3) is 0.579. The average molecular weight is 358 g/mol. The summed E-state index contributed by atoms with van der Waals surface area (Å²) in [6, 6.07) is 7.77. The molecule has 132 valence electrons. The molecule has 4 bridgehead atoms. The smallest absolute Gasteiger partial charge is 0.220 e. The number of hydrogen-bond acceptors (Lipinski definition) is 5. The SMILES string of the molecule is NC1=NC(C23CC4CC(CC(C4)C2)C3)N(c2ccc(Cl)cc2)C(N)=N1. The molecule has 0 amide bonds. The van der Waals surface area contributed by atoms with Gasteiger partial charge in [0.15, 0.2) is 0 Å². The zero-order valence-corrected chi connectivity index (χ0v) is 15.0. The van der Waals surface area contributed by atoms with Crippen molar-refractivity contribution >= 4 is 29.2 Å². The Bertz CT molecular complexity index is 718. The Balaban J connectivity index is 1.57. The van der Waals surface area contributed by atoms with E-state index < -0.39 is 0 Å². The van der Waals surface area contributed by atoms with E-state index >= 15 is 0 Å². The first-order valence-corrected chi connectivity index (χ1v) is 9.62. The molecule has 0 radical (unpaired) electrons. The molecule has 4 aliphatic carbocycles. The minimum absolute atomic E-state index is 0.0559. The van der Waals surface area contributed by atoms with Crippen molar-refractivity contribution in [2.75, 3.05) is 4.90 Å². The van der Waals surface area contributed by atoms with Crippen LogP contribution in [0.3, 0.4) is 0 Å². The second-order valence-electron chi connectivity index (χ2n) is 8.46. The van der Waals surface area contributed by atoms with Crippen LogP contribution in [-0.4, -0.2) is 18.1 Å². The molecule has 0 aromatic heterocycles. The summed E-state index contributed by atoms with van der Waals surface area (Å²) in [6.45, 7) is 0. The molecule has 6 rings (SSSR count). The molecule has 1 atom stereocenters. The molecule has 1 aromatic rings. The van der Waals surface area contributed by atoms with Gasteiger partial charge in [0, 0.05) is 16.1 Å². The van der Waals surface area contributed by atoms with Crippen LogP contribution in [0.2, 0.25) is 5.02 Å². The van der Waals surface area contributed by atoms with Crippen LogP contribution in [0.15, 0.2) is 34.3 Å². The van der Waals surface area contributed by atoms with E-state index in [0.29, 0.717) is 16.9 Å². The van der Waals surface area contributed by atoms with Crippen molar-refractivity contribution in [2.24, 2.45) is 44.6 Å². The fourth-order valence-corrected chi connectivity index (χ4v) is 6.41. The largest absolute Gasteiger partial charge is 0.369 e. The minimum atomic E-state index is -0.0559. The third-order valence-corrected chi connectivity index (χ3v) is 6.97. The minimum Gasteiger partial charge on any atom is -0.369 e. The number of anilines is 1. The van der Waals surface area contributed by atoms with E-state index in [2.05, 4.69) is 9.89 Å². The summed E-state index contributed by atoms with van der Waals surface area (Å²) in [5.74, 6) is 3.28. The highest BCUT2D eigenvalue weighted by molar-refractivity contribution is 6.30. The highest BCUT2D eigenvalue weighted by Gasteiger charge is 2.56. The van der Waals surface area contributed by atoms with E-state index in [4.69, 9.17) is 28.1 Å². The number of nitrogens with zero attached hydrogens (tertiary/aromatic N) is 3. The van der Waals surface area contributed by atoms with E-state index in [-0.39, 0.29) is 11.6 Å².